The Bertz CT molecular complexity index is 1110. The molecule has 5 rings (SSSR count). The Morgan fingerprint density at radius 2 is 1.61 bits per heavy atom. The Morgan fingerprint density at radius 3 is 2.32 bits per heavy atom. The Hall–Kier alpha value is -2.57. The summed E-state index contributed by atoms with van der Waals surface area (Å²) in [5, 5.41) is -0.708. The van der Waals surface area contributed by atoms with E-state index in [1.54, 1.807) is 17.0 Å². The monoisotopic (exact) mass is 453 g/mol. The highest BCUT2D eigenvalue weighted by atomic mass is 35.5. The molecular weight excluding hydrogens is 434 g/mol. The summed E-state index contributed by atoms with van der Waals surface area (Å²) in [6, 6.07) is 16.4. The number of nitrogens with zero attached hydrogens (tertiary/aromatic N) is 1. The van der Waals surface area contributed by atoms with Gasteiger partial charge in [-0.2, -0.15) is 0 Å². The Morgan fingerprint density at radius 1 is 0.968 bits per heavy atom. The molecule has 3 aliphatic rings. The number of thioether (sulfide) groups is 1. The van der Waals surface area contributed by atoms with Crippen LogP contribution in [-0.2, 0) is 14.3 Å². The van der Waals surface area contributed by atoms with Crippen molar-refractivity contribution in [1.29, 1.82) is 0 Å². The lowest BCUT2D eigenvalue weighted by atomic mass is 9.90. The van der Waals surface area contributed by atoms with Crippen molar-refractivity contribution in [3.63, 3.8) is 0 Å². The van der Waals surface area contributed by atoms with E-state index in [-0.39, 0.29) is 5.91 Å². The maximum atomic E-state index is 12.9. The quantitative estimate of drug-likeness (QED) is 0.503. The third-order valence-electron chi connectivity index (χ3n) is 6.13. The summed E-state index contributed by atoms with van der Waals surface area (Å²) in [6.07, 6.45) is 1.29. The van der Waals surface area contributed by atoms with Gasteiger partial charge in [-0.25, -0.2) is 0 Å². The molecule has 1 spiro atoms. The lowest BCUT2D eigenvalue weighted by molar-refractivity contribution is -0.134. The molecule has 0 N–H and O–H groups in total. The lowest BCUT2D eigenvalue weighted by Crippen LogP contribution is -2.51. The Balaban J connectivity index is 1.33. The van der Waals surface area contributed by atoms with Crippen LogP contribution in [-0.4, -0.2) is 46.8 Å². The van der Waals surface area contributed by atoms with Crippen molar-refractivity contribution in [2.24, 2.45) is 0 Å². The van der Waals surface area contributed by atoms with Crippen LogP contribution in [0.2, 0.25) is 0 Å². The number of amides is 1. The number of Topliss-reactive ketones (excluding diaryl/α,β-unsaturated/α-hetero) is 2. The number of fused-ring (bicyclic) bond motifs is 2. The first-order valence-corrected chi connectivity index (χ1v) is 11.6. The first-order valence-electron chi connectivity index (χ1n) is 10.2. The number of allylic oxidation sites excluding steroid dienone is 1. The van der Waals surface area contributed by atoms with Gasteiger partial charge in [-0.05, 0) is 5.56 Å². The summed E-state index contributed by atoms with van der Waals surface area (Å²) >= 11 is 7.84. The van der Waals surface area contributed by atoms with Gasteiger partial charge in [0.1, 0.15) is 21.6 Å². The second kappa shape index (κ2) is 7.84. The van der Waals surface area contributed by atoms with Gasteiger partial charge in [-0.15, -0.1) is 23.4 Å². The van der Waals surface area contributed by atoms with Crippen molar-refractivity contribution in [2.45, 2.75) is 23.8 Å². The van der Waals surface area contributed by atoms with Gasteiger partial charge in [0.25, 0.3) is 0 Å². The van der Waals surface area contributed by atoms with E-state index in [9.17, 15) is 14.4 Å². The summed E-state index contributed by atoms with van der Waals surface area (Å²) in [5.74, 6) is 0.0217. The number of halogens is 1. The number of carbonyl (C=O) groups is 3. The third-order valence-corrected chi connectivity index (χ3v) is 7.90. The molecule has 158 valence electrons. The Kier molecular flexibility index (Phi) is 5.15. The van der Waals surface area contributed by atoms with Crippen LogP contribution in [0, 0.1) is 0 Å². The zero-order chi connectivity index (χ0) is 21.6. The molecule has 5 nitrogen and oxygen atoms in total. The van der Waals surface area contributed by atoms with E-state index in [0.29, 0.717) is 53.5 Å². The van der Waals surface area contributed by atoms with Gasteiger partial charge in [-0.3, -0.25) is 14.4 Å². The van der Waals surface area contributed by atoms with Gasteiger partial charge in [0.05, 0.1) is 0 Å². The molecule has 1 saturated heterocycles. The second-order valence-corrected chi connectivity index (χ2v) is 9.46. The van der Waals surface area contributed by atoms with E-state index in [0.717, 1.165) is 5.56 Å². The molecule has 0 bridgehead atoms. The van der Waals surface area contributed by atoms with Crippen LogP contribution in [0.25, 0.3) is 5.76 Å². The molecule has 2 aliphatic heterocycles. The van der Waals surface area contributed by atoms with Gasteiger partial charge < -0.3 is 9.64 Å². The highest BCUT2D eigenvalue weighted by Crippen LogP contribution is 2.47. The molecule has 0 aromatic heterocycles. The van der Waals surface area contributed by atoms with Crippen LogP contribution in [0.15, 0.2) is 59.5 Å². The number of alkyl halides is 1. The smallest absolute Gasteiger partial charge is 0.245 e. The fraction of sp³-hybridized carbons (Fsp3) is 0.292. The van der Waals surface area contributed by atoms with Crippen molar-refractivity contribution >= 4 is 46.6 Å². The minimum absolute atomic E-state index is 0.102. The number of rotatable bonds is 2. The SMILES string of the molecule is O=C1C(=O)c2ccccc2C2=C1SCC1(CCN(C(=O)C(Cl)c3ccccc3)CC1)O2. The average molecular weight is 454 g/mol. The maximum absolute atomic E-state index is 12.9. The Labute approximate surface area is 189 Å². The van der Waals surface area contributed by atoms with Crippen molar-refractivity contribution < 1.29 is 19.1 Å². The molecule has 31 heavy (non-hydrogen) atoms. The summed E-state index contributed by atoms with van der Waals surface area (Å²) in [6.45, 7) is 1.07. The summed E-state index contributed by atoms with van der Waals surface area (Å²) in [4.78, 5) is 40.1. The van der Waals surface area contributed by atoms with Crippen molar-refractivity contribution in [2.75, 3.05) is 18.8 Å². The van der Waals surface area contributed by atoms with E-state index in [1.807, 2.05) is 42.5 Å². The van der Waals surface area contributed by atoms with Crippen LogP contribution in [0.4, 0.5) is 0 Å². The average Bonchev–Trinajstić information content (AvgIpc) is 2.83. The van der Waals surface area contributed by atoms with Crippen molar-refractivity contribution in [3.05, 3.63) is 76.2 Å². The summed E-state index contributed by atoms with van der Waals surface area (Å²) < 4.78 is 6.45. The normalized spacial score (nSPS) is 20.7. The predicted octanol–water partition coefficient (Wildman–Crippen LogP) is 4.23. The molecule has 1 amide bonds. The second-order valence-electron chi connectivity index (χ2n) is 8.03. The number of carbonyl (C=O) groups excluding carboxylic acids is 3. The van der Waals surface area contributed by atoms with Gasteiger partial charge in [-0.1, -0.05) is 54.6 Å². The van der Waals surface area contributed by atoms with Crippen LogP contribution in [0.3, 0.4) is 0 Å². The van der Waals surface area contributed by atoms with Crippen LogP contribution >= 0.6 is 23.4 Å². The summed E-state index contributed by atoms with van der Waals surface area (Å²) in [5.41, 5.74) is 1.39. The van der Waals surface area contributed by atoms with Crippen LogP contribution < -0.4 is 0 Å². The number of hydrogen-bond acceptors (Lipinski definition) is 5. The molecule has 1 unspecified atom stereocenters. The highest BCUT2D eigenvalue weighted by Gasteiger charge is 2.46. The van der Waals surface area contributed by atoms with Gasteiger partial charge in [0, 0.05) is 42.8 Å². The van der Waals surface area contributed by atoms with Gasteiger partial charge in [0.15, 0.2) is 0 Å². The zero-order valence-electron chi connectivity index (χ0n) is 16.7. The minimum Gasteiger partial charge on any atom is -0.484 e. The van der Waals surface area contributed by atoms with Gasteiger partial charge >= 0.3 is 0 Å². The lowest BCUT2D eigenvalue weighted by Gasteiger charge is -2.45. The molecule has 0 saturated carbocycles. The third kappa shape index (κ3) is 3.48. The van der Waals surface area contributed by atoms with E-state index >= 15 is 0 Å². The minimum atomic E-state index is -0.708. The largest absolute Gasteiger partial charge is 0.484 e. The maximum Gasteiger partial charge on any atom is 0.245 e. The summed E-state index contributed by atoms with van der Waals surface area (Å²) in [7, 11) is 0. The fourth-order valence-corrected chi connectivity index (χ4v) is 5.86. The van der Waals surface area contributed by atoms with Crippen LogP contribution in [0.1, 0.15) is 39.7 Å². The number of ether oxygens (including phenoxy) is 1. The molecule has 0 radical (unpaired) electrons. The number of ketones is 2. The molecular formula is C24H20ClNO4S. The number of hydrogen-bond donors (Lipinski definition) is 0. The van der Waals surface area contributed by atoms with E-state index in [4.69, 9.17) is 16.3 Å². The molecule has 2 aromatic carbocycles. The molecule has 1 atom stereocenters. The fourth-order valence-electron chi connectivity index (χ4n) is 4.32. The van der Waals surface area contributed by atoms with E-state index in [2.05, 4.69) is 0 Å². The molecule has 7 heteroatoms. The molecule has 2 heterocycles. The molecule has 1 aliphatic carbocycles. The zero-order valence-corrected chi connectivity index (χ0v) is 18.2. The number of piperidine rings is 1. The first-order chi connectivity index (χ1) is 15.0. The predicted molar refractivity (Wildman–Crippen MR) is 120 cm³/mol. The number of likely N-dealkylation sites (tertiary alicyclic amines) is 1. The van der Waals surface area contributed by atoms with Gasteiger partial charge in [0.2, 0.25) is 17.5 Å². The van der Waals surface area contributed by atoms with Crippen molar-refractivity contribution in [1.82, 2.24) is 4.90 Å². The van der Waals surface area contributed by atoms with Crippen molar-refractivity contribution in [3.8, 4) is 0 Å². The topological polar surface area (TPSA) is 63.7 Å². The highest BCUT2D eigenvalue weighted by molar-refractivity contribution is 8.04. The van der Waals surface area contributed by atoms with E-state index < -0.39 is 22.5 Å². The molecule has 2 aromatic rings. The van der Waals surface area contributed by atoms with Crippen LogP contribution in [0.5, 0.6) is 0 Å². The first kappa shape index (κ1) is 20.3. The standard InChI is InChI=1S/C24H20ClNO4S/c25-18(15-6-2-1-3-7-15)23(29)26-12-10-24(11-13-26)14-31-22-20(28)19(27)16-8-4-5-9-17(16)21(22)30-24/h1-9,18H,10-14H2. The number of benzene rings is 2. The molecule has 1 fully saturated rings. The van der Waals surface area contributed by atoms with E-state index in [1.165, 1.54) is 11.8 Å².